The molecule has 1 aromatic carbocycles. The van der Waals surface area contributed by atoms with Crippen LogP contribution in [-0.4, -0.2) is 31.1 Å². The number of carbonyl (C=O) groups is 1. The van der Waals surface area contributed by atoms with Crippen LogP contribution in [-0.2, 0) is 11.0 Å². The van der Waals surface area contributed by atoms with Gasteiger partial charge in [-0.3, -0.25) is 4.79 Å². The molecule has 2 atom stereocenters. The minimum absolute atomic E-state index is 0. The summed E-state index contributed by atoms with van der Waals surface area (Å²) in [5, 5.41) is 6.09. The van der Waals surface area contributed by atoms with Crippen molar-refractivity contribution < 1.29 is 22.7 Å². The van der Waals surface area contributed by atoms with Crippen LogP contribution in [0, 0.1) is 0 Å². The number of piperidine rings is 1. The molecule has 0 aromatic heterocycles. The summed E-state index contributed by atoms with van der Waals surface area (Å²) in [6.45, 7) is 2.61. The predicted molar refractivity (Wildman–Crippen MR) is 82.8 cm³/mol. The van der Waals surface area contributed by atoms with E-state index in [-0.39, 0.29) is 42.8 Å². The lowest BCUT2D eigenvalue weighted by Gasteiger charge is -2.30. The first-order chi connectivity index (χ1) is 10.4. The van der Waals surface area contributed by atoms with Crippen molar-refractivity contribution in [3.63, 3.8) is 0 Å². The van der Waals surface area contributed by atoms with Gasteiger partial charge in [-0.2, -0.15) is 13.2 Å². The second kappa shape index (κ2) is 8.40. The molecule has 0 bridgehead atoms. The Kier molecular flexibility index (Phi) is 7.15. The molecule has 23 heavy (non-hydrogen) atoms. The van der Waals surface area contributed by atoms with Gasteiger partial charge in [0.1, 0.15) is 5.75 Å². The zero-order valence-corrected chi connectivity index (χ0v) is 13.5. The van der Waals surface area contributed by atoms with Crippen molar-refractivity contribution in [2.75, 3.05) is 13.2 Å². The Hall–Kier alpha value is -1.47. The molecular weight excluding hydrogens is 333 g/mol. The van der Waals surface area contributed by atoms with Gasteiger partial charge in [-0.15, -0.1) is 12.4 Å². The van der Waals surface area contributed by atoms with Crippen molar-refractivity contribution >= 4 is 18.3 Å². The molecule has 1 heterocycles. The number of ether oxygens (including phenoxy) is 1. The van der Waals surface area contributed by atoms with Crippen LogP contribution in [0.25, 0.3) is 0 Å². The SMILES string of the molecule is CC1NCCCC1NC(=O)COc1cccc(C(F)(F)F)c1.Cl. The molecule has 1 aliphatic heterocycles. The lowest BCUT2D eigenvalue weighted by molar-refractivity contribution is -0.137. The molecule has 1 amide bonds. The Morgan fingerprint density at radius 1 is 1.43 bits per heavy atom. The third kappa shape index (κ3) is 5.91. The van der Waals surface area contributed by atoms with Crippen molar-refractivity contribution in [2.24, 2.45) is 0 Å². The van der Waals surface area contributed by atoms with Crippen LogP contribution in [0.2, 0.25) is 0 Å². The number of hydrogen-bond acceptors (Lipinski definition) is 3. The number of benzene rings is 1. The first kappa shape index (κ1) is 19.6. The fourth-order valence-electron chi connectivity index (χ4n) is 2.40. The summed E-state index contributed by atoms with van der Waals surface area (Å²) in [7, 11) is 0. The zero-order valence-electron chi connectivity index (χ0n) is 12.7. The quantitative estimate of drug-likeness (QED) is 0.876. The normalized spacial score (nSPS) is 21.2. The van der Waals surface area contributed by atoms with Gasteiger partial charge in [-0.1, -0.05) is 6.07 Å². The molecule has 1 saturated heterocycles. The van der Waals surface area contributed by atoms with Gasteiger partial charge in [0.15, 0.2) is 6.61 Å². The topological polar surface area (TPSA) is 50.4 Å². The highest BCUT2D eigenvalue weighted by molar-refractivity contribution is 5.85. The van der Waals surface area contributed by atoms with Crippen molar-refractivity contribution in [3.05, 3.63) is 29.8 Å². The summed E-state index contributed by atoms with van der Waals surface area (Å²) in [4.78, 5) is 11.8. The van der Waals surface area contributed by atoms with E-state index in [0.29, 0.717) is 0 Å². The minimum Gasteiger partial charge on any atom is -0.484 e. The number of halogens is 4. The molecule has 0 spiro atoms. The van der Waals surface area contributed by atoms with E-state index in [1.165, 1.54) is 12.1 Å². The Bertz CT molecular complexity index is 526. The van der Waals surface area contributed by atoms with Crippen LogP contribution in [0.4, 0.5) is 13.2 Å². The number of rotatable bonds is 4. The average Bonchev–Trinajstić information content (AvgIpc) is 2.47. The maximum absolute atomic E-state index is 12.6. The average molecular weight is 353 g/mol. The maximum atomic E-state index is 12.6. The van der Waals surface area contributed by atoms with Gasteiger partial charge in [0, 0.05) is 12.1 Å². The maximum Gasteiger partial charge on any atom is 0.416 e. The van der Waals surface area contributed by atoms with Gasteiger partial charge in [0.2, 0.25) is 0 Å². The Morgan fingerprint density at radius 2 is 2.17 bits per heavy atom. The van der Waals surface area contributed by atoms with E-state index in [2.05, 4.69) is 10.6 Å². The van der Waals surface area contributed by atoms with E-state index in [1.807, 2.05) is 6.92 Å². The fraction of sp³-hybridized carbons (Fsp3) is 0.533. The molecule has 2 rings (SSSR count). The van der Waals surface area contributed by atoms with Gasteiger partial charge >= 0.3 is 6.18 Å². The van der Waals surface area contributed by atoms with Crippen LogP contribution >= 0.6 is 12.4 Å². The molecular formula is C15H20ClF3N2O2. The minimum atomic E-state index is -4.43. The highest BCUT2D eigenvalue weighted by atomic mass is 35.5. The van der Waals surface area contributed by atoms with Gasteiger partial charge in [-0.25, -0.2) is 0 Å². The molecule has 1 aliphatic rings. The summed E-state index contributed by atoms with van der Waals surface area (Å²) >= 11 is 0. The molecule has 130 valence electrons. The summed E-state index contributed by atoms with van der Waals surface area (Å²) in [5.74, 6) is -0.308. The largest absolute Gasteiger partial charge is 0.484 e. The highest BCUT2D eigenvalue weighted by Gasteiger charge is 2.30. The first-order valence-corrected chi connectivity index (χ1v) is 7.19. The number of carbonyl (C=O) groups excluding carboxylic acids is 1. The smallest absolute Gasteiger partial charge is 0.416 e. The molecule has 1 aromatic rings. The van der Waals surface area contributed by atoms with E-state index in [4.69, 9.17) is 4.74 Å². The summed E-state index contributed by atoms with van der Waals surface area (Å²) in [6.07, 6.45) is -2.57. The van der Waals surface area contributed by atoms with Crippen molar-refractivity contribution in [2.45, 2.75) is 38.0 Å². The third-order valence-electron chi connectivity index (χ3n) is 3.64. The van der Waals surface area contributed by atoms with Crippen LogP contribution < -0.4 is 15.4 Å². The molecule has 0 radical (unpaired) electrons. The Labute approximate surface area is 139 Å². The van der Waals surface area contributed by atoms with E-state index in [0.717, 1.165) is 31.5 Å². The van der Waals surface area contributed by atoms with E-state index >= 15 is 0 Å². The number of nitrogens with one attached hydrogen (secondary N) is 2. The molecule has 8 heteroatoms. The lowest BCUT2D eigenvalue weighted by atomic mass is 10.00. The number of hydrogen-bond donors (Lipinski definition) is 2. The van der Waals surface area contributed by atoms with Crippen LogP contribution in [0.1, 0.15) is 25.3 Å². The Morgan fingerprint density at radius 3 is 2.83 bits per heavy atom. The van der Waals surface area contributed by atoms with Gasteiger partial charge in [0.25, 0.3) is 5.91 Å². The van der Waals surface area contributed by atoms with E-state index < -0.39 is 11.7 Å². The monoisotopic (exact) mass is 352 g/mol. The summed E-state index contributed by atoms with van der Waals surface area (Å²) in [6, 6.07) is 4.69. The molecule has 1 fully saturated rings. The standard InChI is InChI=1S/C15H19F3N2O2.ClH/c1-10-13(6-3-7-19-10)20-14(21)9-22-12-5-2-4-11(8-12)15(16,17)18;/h2,4-5,8,10,13,19H,3,6-7,9H2,1H3,(H,20,21);1H. The van der Waals surface area contributed by atoms with Gasteiger partial charge < -0.3 is 15.4 Å². The highest BCUT2D eigenvalue weighted by Crippen LogP contribution is 2.31. The van der Waals surface area contributed by atoms with E-state index in [9.17, 15) is 18.0 Å². The number of alkyl halides is 3. The van der Waals surface area contributed by atoms with Crippen molar-refractivity contribution in [1.29, 1.82) is 0 Å². The molecule has 2 unspecified atom stereocenters. The van der Waals surface area contributed by atoms with Crippen molar-refractivity contribution in [3.8, 4) is 5.75 Å². The summed E-state index contributed by atoms with van der Waals surface area (Å²) < 4.78 is 42.9. The predicted octanol–water partition coefficient (Wildman–Crippen LogP) is 2.76. The zero-order chi connectivity index (χ0) is 16.2. The second-order valence-corrected chi connectivity index (χ2v) is 5.37. The first-order valence-electron chi connectivity index (χ1n) is 7.19. The third-order valence-corrected chi connectivity index (χ3v) is 3.64. The lowest BCUT2D eigenvalue weighted by Crippen LogP contribution is -2.52. The van der Waals surface area contributed by atoms with Crippen LogP contribution in [0.3, 0.4) is 0 Å². The fourth-order valence-corrected chi connectivity index (χ4v) is 2.40. The van der Waals surface area contributed by atoms with Crippen LogP contribution in [0.5, 0.6) is 5.75 Å². The molecule has 0 aliphatic carbocycles. The summed E-state index contributed by atoms with van der Waals surface area (Å²) in [5.41, 5.74) is -0.796. The van der Waals surface area contributed by atoms with Crippen molar-refractivity contribution in [1.82, 2.24) is 10.6 Å². The molecule has 2 N–H and O–H groups in total. The van der Waals surface area contributed by atoms with Gasteiger partial charge in [0.05, 0.1) is 5.56 Å². The van der Waals surface area contributed by atoms with E-state index in [1.54, 1.807) is 0 Å². The van der Waals surface area contributed by atoms with Gasteiger partial charge in [-0.05, 0) is 44.5 Å². The Balaban J connectivity index is 0.00000264. The molecule has 4 nitrogen and oxygen atoms in total. The second-order valence-electron chi connectivity index (χ2n) is 5.37. The number of amides is 1. The van der Waals surface area contributed by atoms with Crippen LogP contribution in [0.15, 0.2) is 24.3 Å². The molecule has 0 saturated carbocycles.